The van der Waals surface area contributed by atoms with Crippen LogP contribution in [0.15, 0.2) is 29.3 Å². The molecule has 0 spiro atoms. The zero-order valence-electron chi connectivity index (χ0n) is 12.2. The van der Waals surface area contributed by atoms with Gasteiger partial charge >= 0.3 is 0 Å². The third kappa shape index (κ3) is 2.54. The maximum Gasteiger partial charge on any atom is 0.142 e. The molecule has 116 valence electrons. The quantitative estimate of drug-likeness (QED) is 0.944. The minimum absolute atomic E-state index is 0.00908. The molecule has 3 rings (SSSR count). The SMILES string of the molecule is CC1N=CC(c2nc3ccc(F)cc3n2CCF)=CC1CO. The molecule has 0 radical (unpaired) electrons. The fourth-order valence-electron chi connectivity index (χ4n) is 2.69. The second-order valence-corrected chi connectivity index (χ2v) is 5.40. The van der Waals surface area contributed by atoms with Gasteiger partial charge in [-0.2, -0.15) is 0 Å². The summed E-state index contributed by atoms with van der Waals surface area (Å²) in [5.74, 6) is 0.0648. The fourth-order valence-corrected chi connectivity index (χ4v) is 2.69. The van der Waals surface area contributed by atoms with E-state index in [1.807, 2.05) is 13.0 Å². The predicted molar refractivity (Wildman–Crippen MR) is 82.2 cm³/mol. The summed E-state index contributed by atoms with van der Waals surface area (Å²) >= 11 is 0. The molecule has 0 saturated heterocycles. The van der Waals surface area contributed by atoms with Crippen molar-refractivity contribution in [3.05, 3.63) is 35.9 Å². The Morgan fingerprint density at radius 2 is 2.18 bits per heavy atom. The summed E-state index contributed by atoms with van der Waals surface area (Å²) < 4.78 is 28.0. The van der Waals surface area contributed by atoms with Crippen LogP contribution in [0.4, 0.5) is 8.78 Å². The molecule has 22 heavy (non-hydrogen) atoms. The van der Waals surface area contributed by atoms with Crippen molar-refractivity contribution in [2.75, 3.05) is 13.3 Å². The zero-order valence-corrected chi connectivity index (χ0v) is 12.2. The summed E-state index contributed by atoms with van der Waals surface area (Å²) in [6, 6.07) is 4.26. The number of benzene rings is 1. The zero-order chi connectivity index (χ0) is 15.7. The second kappa shape index (κ2) is 5.96. The maximum absolute atomic E-state index is 13.5. The van der Waals surface area contributed by atoms with Crippen molar-refractivity contribution in [1.29, 1.82) is 0 Å². The van der Waals surface area contributed by atoms with Crippen LogP contribution in [0.2, 0.25) is 0 Å². The number of allylic oxidation sites excluding steroid dienone is 1. The van der Waals surface area contributed by atoms with Crippen molar-refractivity contribution < 1.29 is 13.9 Å². The molecule has 1 aromatic carbocycles. The number of rotatable bonds is 4. The first kappa shape index (κ1) is 14.8. The van der Waals surface area contributed by atoms with Gasteiger partial charge in [-0.1, -0.05) is 6.08 Å². The predicted octanol–water partition coefficient (Wildman–Crippen LogP) is 2.61. The van der Waals surface area contributed by atoms with Gasteiger partial charge in [0.15, 0.2) is 0 Å². The standard InChI is InChI=1S/C16H17F2N3O/c1-10-12(9-22)6-11(8-19-10)16-20-14-3-2-13(18)7-15(14)21(16)5-4-17/h2-3,6-8,10,12,22H,4-5,9H2,1H3. The van der Waals surface area contributed by atoms with Gasteiger partial charge in [0.25, 0.3) is 0 Å². The molecule has 2 heterocycles. The summed E-state index contributed by atoms with van der Waals surface area (Å²) in [5, 5.41) is 9.42. The Balaban J connectivity index is 2.14. The van der Waals surface area contributed by atoms with Gasteiger partial charge in [0.1, 0.15) is 18.3 Å². The number of alkyl halides is 1. The van der Waals surface area contributed by atoms with Crippen molar-refractivity contribution in [1.82, 2.24) is 9.55 Å². The number of halogens is 2. The van der Waals surface area contributed by atoms with Gasteiger partial charge in [0, 0.05) is 17.7 Å². The molecule has 6 heteroatoms. The Morgan fingerprint density at radius 3 is 2.91 bits per heavy atom. The summed E-state index contributed by atoms with van der Waals surface area (Å²) in [6.45, 7) is 1.43. The van der Waals surface area contributed by atoms with Gasteiger partial charge < -0.3 is 9.67 Å². The summed E-state index contributed by atoms with van der Waals surface area (Å²) in [5.41, 5.74) is 1.89. The Bertz CT molecular complexity index is 751. The van der Waals surface area contributed by atoms with Gasteiger partial charge in [-0.25, -0.2) is 13.8 Å². The average Bonchev–Trinajstić information content (AvgIpc) is 2.86. The molecular formula is C16H17F2N3O. The molecule has 2 unspecified atom stereocenters. The number of aliphatic hydroxyl groups is 1. The molecule has 0 saturated carbocycles. The number of aliphatic hydroxyl groups excluding tert-OH is 1. The maximum atomic E-state index is 13.5. The number of aromatic nitrogens is 2. The van der Waals surface area contributed by atoms with Crippen LogP contribution in [0, 0.1) is 11.7 Å². The van der Waals surface area contributed by atoms with E-state index in [1.165, 1.54) is 12.1 Å². The first-order valence-electron chi connectivity index (χ1n) is 7.22. The number of hydrogen-bond acceptors (Lipinski definition) is 3. The van der Waals surface area contributed by atoms with Crippen LogP contribution in [-0.4, -0.2) is 40.2 Å². The van der Waals surface area contributed by atoms with Crippen molar-refractivity contribution in [3.63, 3.8) is 0 Å². The smallest absolute Gasteiger partial charge is 0.142 e. The number of dihydropyridines is 1. The van der Waals surface area contributed by atoms with Crippen LogP contribution in [0.3, 0.4) is 0 Å². The van der Waals surface area contributed by atoms with E-state index >= 15 is 0 Å². The van der Waals surface area contributed by atoms with E-state index < -0.39 is 6.67 Å². The highest BCUT2D eigenvalue weighted by Gasteiger charge is 2.21. The van der Waals surface area contributed by atoms with Gasteiger partial charge in [-0.3, -0.25) is 4.99 Å². The molecule has 1 aromatic heterocycles. The fraction of sp³-hybridized carbons (Fsp3) is 0.375. The first-order chi connectivity index (χ1) is 10.6. The summed E-state index contributed by atoms with van der Waals surface area (Å²) in [4.78, 5) is 8.83. The largest absolute Gasteiger partial charge is 0.396 e. The van der Waals surface area contributed by atoms with E-state index in [1.54, 1.807) is 16.8 Å². The minimum Gasteiger partial charge on any atom is -0.396 e. The third-order valence-corrected chi connectivity index (χ3v) is 3.95. The van der Waals surface area contributed by atoms with Gasteiger partial charge in [-0.05, 0) is 25.1 Å². The topological polar surface area (TPSA) is 50.4 Å². The number of hydrogen-bond donors (Lipinski definition) is 1. The van der Waals surface area contributed by atoms with E-state index in [4.69, 9.17) is 0 Å². The average molecular weight is 305 g/mol. The van der Waals surface area contributed by atoms with Crippen molar-refractivity contribution in [2.24, 2.45) is 10.9 Å². The molecule has 4 nitrogen and oxygen atoms in total. The molecule has 0 bridgehead atoms. The van der Waals surface area contributed by atoms with Gasteiger partial charge in [0.2, 0.25) is 0 Å². The molecule has 1 aliphatic heterocycles. The molecule has 2 atom stereocenters. The normalized spacial score (nSPS) is 21.4. The Labute approximate surface area is 126 Å². The number of imidazole rings is 1. The lowest BCUT2D eigenvalue weighted by atomic mass is 9.96. The monoisotopic (exact) mass is 305 g/mol. The lowest BCUT2D eigenvalue weighted by Gasteiger charge is -2.20. The van der Waals surface area contributed by atoms with Crippen molar-refractivity contribution in [2.45, 2.75) is 19.5 Å². The minimum atomic E-state index is -0.570. The van der Waals surface area contributed by atoms with Crippen LogP contribution in [0.1, 0.15) is 12.7 Å². The van der Waals surface area contributed by atoms with Crippen LogP contribution < -0.4 is 0 Å². The van der Waals surface area contributed by atoms with E-state index in [0.29, 0.717) is 16.9 Å². The van der Waals surface area contributed by atoms with Crippen LogP contribution in [-0.2, 0) is 6.54 Å². The van der Waals surface area contributed by atoms with E-state index in [0.717, 1.165) is 5.57 Å². The van der Waals surface area contributed by atoms with Crippen molar-refractivity contribution >= 4 is 22.8 Å². The third-order valence-electron chi connectivity index (χ3n) is 3.95. The van der Waals surface area contributed by atoms with Gasteiger partial charge in [0.05, 0.1) is 30.2 Å². The Kier molecular flexibility index (Phi) is 4.02. The Hall–Kier alpha value is -2.08. The van der Waals surface area contributed by atoms with E-state index in [-0.39, 0.29) is 30.9 Å². The molecule has 2 aromatic rings. The molecule has 0 aliphatic carbocycles. The summed E-state index contributed by atoms with van der Waals surface area (Å²) in [6.07, 6.45) is 3.58. The highest BCUT2D eigenvalue weighted by Crippen LogP contribution is 2.26. The highest BCUT2D eigenvalue weighted by molar-refractivity contribution is 6.10. The molecule has 1 N–H and O–H groups in total. The molecule has 0 fully saturated rings. The lowest BCUT2D eigenvalue weighted by Crippen LogP contribution is -2.21. The van der Waals surface area contributed by atoms with Crippen LogP contribution in [0.5, 0.6) is 0 Å². The number of fused-ring (bicyclic) bond motifs is 1. The van der Waals surface area contributed by atoms with Crippen molar-refractivity contribution in [3.8, 4) is 0 Å². The lowest BCUT2D eigenvalue weighted by molar-refractivity contribution is 0.238. The highest BCUT2D eigenvalue weighted by atomic mass is 19.1. The van der Waals surface area contributed by atoms with Gasteiger partial charge in [-0.15, -0.1) is 0 Å². The van der Waals surface area contributed by atoms with Crippen LogP contribution >= 0.6 is 0 Å². The summed E-state index contributed by atoms with van der Waals surface area (Å²) in [7, 11) is 0. The number of aliphatic imine (C=N–C) groups is 1. The van der Waals surface area contributed by atoms with E-state index in [2.05, 4.69) is 9.98 Å². The number of nitrogens with zero attached hydrogens (tertiary/aromatic N) is 3. The molecule has 1 aliphatic rings. The second-order valence-electron chi connectivity index (χ2n) is 5.40. The number of aryl methyl sites for hydroxylation is 1. The first-order valence-corrected chi connectivity index (χ1v) is 7.22. The van der Waals surface area contributed by atoms with E-state index in [9.17, 15) is 13.9 Å². The van der Waals surface area contributed by atoms with Crippen LogP contribution in [0.25, 0.3) is 16.6 Å². The Morgan fingerprint density at radius 1 is 1.36 bits per heavy atom. The molecule has 0 amide bonds. The molecular weight excluding hydrogens is 288 g/mol.